The fourth-order valence-corrected chi connectivity index (χ4v) is 4.25. The van der Waals surface area contributed by atoms with Gasteiger partial charge >= 0.3 is 0 Å². The van der Waals surface area contributed by atoms with E-state index in [-0.39, 0.29) is 30.7 Å². The molecular weight excluding hydrogens is 386 g/mol. The fraction of sp³-hybridized carbons (Fsp3) is 0.462. The monoisotopic (exact) mass is 421 g/mol. The molecule has 1 fully saturated rings. The first-order chi connectivity index (χ1) is 15.0. The molecule has 0 atom stereocenters. The lowest BCUT2D eigenvalue weighted by Gasteiger charge is -2.33. The fourth-order valence-electron chi connectivity index (χ4n) is 4.25. The second kappa shape index (κ2) is 11.7. The standard InChI is InChI=1S/C26H35N3O2/c1-28(2)26(31)14-13-25(30)27-23-15-18-29(19-16-23)20-17-24(21-9-5-3-6-10-21)22-11-7-4-8-12-22/h3-12,23-24H,13-20H2,1-2H3,(H,27,30). The maximum Gasteiger partial charge on any atom is 0.222 e. The van der Waals surface area contributed by atoms with E-state index in [9.17, 15) is 9.59 Å². The molecule has 31 heavy (non-hydrogen) atoms. The van der Waals surface area contributed by atoms with Crippen molar-refractivity contribution in [3.63, 3.8) is 0 Å². The number of benzene rings is 2. The number of nitrogens with one attached hydrogen (secondary N) is 1. The van der Waals surface area contributed by atoms with Crippen molar-refractivity contribution in [2.24, 2.45) is 0 Å². The highest BCUT2D eigenvalue weighted by Gasteiger charge is 2.22. The van der Waals surface area contributed by atoms with Gasteiger partial charge in [-0.3, -0.25) is 9.59 Å². The maximum absolute atomic E-state index is 12.2. The van der Waals surface area contributed by atoms with E-state index in [1.54, 1.807) is 14.1 Å². The molecule has 2 amide bonds. The van der Waals surface area contributed by atoms with Gasteiger partial charge in [-0.25, -0.2) is 0 Å². The van der Waals surface area contributed by atoms with Gasteiger partial charge in [0, 0.05) is 52.0 Å². The van der Waals surface area contributed by atoms with Gasteiger partial charge in [0.25, 0.3) is 0 Å². The van der Waals surface area contributed by atoms with Crippen molar-refractivity contribution in [3.05, 3.63) is 71.8 Å². The molecule has 0 bridgehead atoms. The van der Waals surface area contributed by atoms with Crippen LogP contribution in [0.5, 0.6) is 0 Å². The average molecular weight is 422 g/mol. The number of hydrogen-bond donors (Lipinski definition) is 1. The van der Waals surface area contributed by atoms with E-state index in [0.717, 1.165) is 38.9 Å². The zero-order valence-electron chi connectivity index (χ0n) is 18.8. The summed E-state index contributed by atoms with van der Waals surface area (Å²) in [7, 11) is 3.44. The van der Waals surface area contributed by atoms with E-state index >= 15 is 0 Å². The zero-order valence-corrected chi connectivity index (χ0v) is 18.8. The van der Waals surface area contributed by atoms with Gasteiger partial charge < -0.3 is 15.1 Å². The van der Waals surface area contributed by atoms with Gasteiger partial charge in [0.05, 0.1) is 0 Å². The molecule has 0 aliphatic carbocycles. The summed E-state index contributed by atoms with van der Waals surface area (Å²) in [6.07, 6.45) is 3.56. The molecule has 2 aromatic carbocycles. The van der Waals surface area contributed by atoms with Crippen LogP contribution in [0.3, 0.4) is 0 Å². The van der Waals surface area contributed by atoms with Crippen molar-refractivity contribution in [2.75, 3.05) is 33.7 Å². The number of hydrogen-bond acceptors (Lipinski definition) is 3. The van der Waals surface area contributed by atoms with Crippen LogP contribution in [0, 0.1) is 0 Å². The highest BCUT2D eigenvalue weighted by atomic mass is 16.2. The molecule has 0 spiro atoms. The molecule has 5 nitrogen and oxygen atoms in total. The topological polar surface area (TPSA) is 52.7 Å². The molecule has 0 saturated carbocycles. The maximum atomic E-state index is 12.2. The second-order valence-electron chi connectivity index (χ2n) is 8.63. The van der Waals surface area contributed by atoms with E-state index in [0.29, 0.717) is 5.92 Å². The highest BCUT2D eigenvalue weighted by molar-refractivity contribution is 5.83. The van der Waals surface area contributed by atoms with Crippen LogP contribution in [-0.2, 0) is 9.59 Å². The molecule has 2 aromatic rings. The lowest BCUT2D eigenvalue weighted by Crippen LogP contribution is -2.45. The van der Waals surface area contributed by atoms with E-state index in [1.807, 2.05) is 0 Å². The minimum Gasteiger partial charge on any atom is -0.353 e. The Balaban J connectivity index is 1.45. The second-order valence-corrected chi connectivity index (χ2v) is 8.63. The van der Waals surface area contributed by atoms with Crippen LogP contribution in [0.4, 0.5) is 0 Å². The van der Waals surface area contributed by atoms with Gasteiger partial charge in [0.1, 0.15) is 0 Å². The third-order valence-electron chi connectivity index (χ3n) is 6.16. The summed E-state index contributed by atoms with van der Waals surface area (Å²) in [4.78, 5) is 27.8. The third kappa shape index (κ3) is 7.21. The molecule has 1 aliphatic heterocycles. The first-order valence-corrected chi connectivity index (χ1v) is 11.3. The average Bonchev–Trinajstić information content (AvgIpc) is 2.80. The summed E-state index contributed by atoms with van der Waals surface area (Å²) in [5.41, 5.74) is 2.73. The minimum absolute atomic E-state index is 0.00337. The predicted molar refractivity (Wildman–Crippen MR) is 125 cm³/mol. The minimum atomic E-state index is -0.0122. The highest BCUT2D eigenvalue weighted by Crippen LogP contribution is 2.28. The molecular formula is C26H35N3O2. The van der Waals surface area contributed by atoms with Crippen LogP contribution in [-0.4, -0.2) is 61.4 Å². The summed E-state index contributed by atoms with van der Waals surface area (Å²) < 4.78 is 0. The van der Waals surface area contributed by atoms with Crippen molar-refractivity contribution in [3.8, 4) is 0 Å². The van der Waals surface area contributed by atoms with Crippen molar-refractivity contribution in [2.45, 2.75) is 44.1 Å². The smallest absolute Gasteiger partial charge is 0.222 e. The summed E-state index contributed by atoms with van der Waals surface area (Å²) >= 11 is 0. The van der Waals surface area contributed by atoms with Crippen LogP contribution >= 0.6 is 0 Å². The molecule has 3 rings (SSSR count). The number of nitrogens with zero attached hydrogens (tertiary/aromatic N) is 2. The van der Waals surface area contributed by atoms with Gasteiger partial charge in [-0.2, -0.15) is 0 Å². The van der Waals surface area contributed by atoms with Crippen LogP contribution < -0.4 is 5.32 Å². The number of likely N-dealkylation sites (tertiary alicyclic amines) is 1. The Hall–Kier alpha value is -2.66. The molecule has 0 radical (unpaired) electrons. The van der Waals surface area contributed by atoms with Crippen molar-refractivity contribution in [1.82, 2.24) is 15.1 Å². The Morgan fingerprint density at radius 3 is 2.00 bits per heavy atom. The van der Waals surface area contributed by atoms with Crippen molar-refractivity contribution < 1.29 is 9.59 Å². The molecule has 5 heteroatoms. The van der Waals surface area contributed by atoms with Crippen LogP contribution in [0.2, 0.25) is 0 Å². The van der Waals surface area contributed by atoms with E-state index in [1.165, 1.54) is 16.0 Å². The van der Waals surface area contributed by atoms with Crippen LogP contribution in [0.1, 0.15) is 49.1 Å². The Morgan fingerprint density at radius 1 is 0.935 bits per heavy atom. The summed E-state index contributed by atoms with van der Waals surface area (Å²) in [5.74, 6) is 0.382. The number of piperidine rings is 1. The molecule has 1 saturated heterocycles. The van der Waals surface area contributed by atoms with Gasteiger partial charge in [0.2, 0.25) is 11.8 Å². The van der Waals surface area contributed by atoms with Gasteiger partial charge in [-0.05, 0) is 36.9 Å². The van der Waals surface area contributed by atoms with E-state index in [4.69, 9.17) is 0 Å². The summed E-state index contributed by atoms with van der Waals surface area (Å²) in [5, 5.41) is 3.11. The Labute approximate surface area is 186 Å². The summed E-state index contributed by atoms with van der Waals surface area (Å²) in [6.45, 7) is 3.04. The first-order valence-electron chi connectivity index (χ1n) is 11.3. The third-order valence-corrected chi connectivity index (χ3v) is 6.16. The van der Waals surface area contributed by atoms with Crippen molar-refractivity contribution in [1.29, 1.82) is 0 Å². The normalized spacial score (nSPS) is 15.1. The number of rotatable bonds is 9. The molecule has 1 N–H and O–H groups in total. The Bertz CT molecular complexity index is 776. The van der Waals surface area contributed by atoms with E-state index in [2.05, 4.69) is 70.9 Å². The number of carbonyl (C=O) groups is 2. The van der Waals surface area contributed by atoms with Crippen LogP contribution in [0.15, 0.2) is 60.7 Å². The molecule has 1 aliphatic rings. The Morgan fingerprint density at radius 2 is 1.48 bits per heavy atom. The molecule has 0 aromatic heterocycles. The number of carbonyl (C=O) groups excluding carboxylic acids is 2. The van der Waals surface area contributed by atoms with Gasteiger partial charge in [0.15, 0.2) is 0 Å². The summed E-state index contributed by atoms with van der Waals surface area (Å²) in [6, 6.07) is 21.7. The first kappa shape index (κ1) is 23.0. The molecule has 166 valence electrons. The van der Waals surface area contributed by atoms with E-state index < -0.39 is 0 Å². The quantitative estimate of drug-likeness (QED) is 0.672. The largest absolute Gasteiger partial charge is 0.353 e. The van der Waals surface area contributed by atoms with Crippen LogP contribution in [0.25, 0.3) is 0 Å². The molecule has 0 unspecified atom stereocenters. The lowest BCUT2D eigenvalue weighted by molar-refractivity contribution is -0.131. The predicted octanol–water partition coefficient (Wildman–Crippen LogP) is 3.66. The Kier molecular flexibility index (Phi) is 8.65. The number of amides is 2. The zero-order chi connectivity index (χ0) is 22.1. The van der Waals surface area contributed by atoms with Gasteiger partial charge in [-0.1, -0.05) is 60.7 Å². The molecule has 1 heterocycles. The SMILES string of the molecule is CN(C)C(=O)CCC(=O)NC1CCN(CCC(c2ccccc2)c2ccccc2)CC1. The van der Waals surface area contributed by atoms with Crippen molar-refractivity contribution >= 4 is 11.8 Å². The lowest BCUT2D eigenvalue weighted by atomic mass is 9.88. The van der Waals surface area contributed by atoms with Gasteiger partial charge in [-0.15, -0.1) is 0 Å².